The molecule has 190 valence electrons. The van der Waals surface area contributed by atoms with E-state index in [9.17, 15) is 34.5 Å². The molecule has 1 aliphatic rings. The molecule has 0 aromatic heterocycles. The number of carboxylic acid groups (broad SMARTS) is 3. The number of rotatable bonds is 11. The van der Waals surface area contributed by atoms with Crippen molar-refractivity contribution in [3.63, 3.8) is 0 Å². The molecule has 12 heteroatoms. The summed E-state index contributed by atoms with van der Waals surface area (Å²) < 4.78 is 0. The molecule has 33 heavy (non-hydrogen) atoms. The summed E-state index contributed by atoms with van der Waals surface area (Å²) >= 11 is 0. The van der Waals surface area contributed by atoms with Crippen molar-refractivity contribution >= 4 is 23.8 Å². The molecule has 12 nitrogen and oxygen atoms in total. The largest absolute Gasteiger partial charge is 0.480 e. The Hall–Kier alpha value is -2.28. The standard InChI is InChI=1S/C21H39N5O7/c1-17(2)3-4-22-18(27)13-23-5-7-24(14-19(28)29)9-11-26(16-21(32)33)12-10-25(8-6-23)15-20(30)31/h17H,3-16H2,1-2H3,(H,22,27)(H,28,29)(H,30,31)(H,32,33). The van der Waals surface area contributed by atoms with Crippen LogP contribution >= 0.6 is 0 Å². The van der Waals surface area contributed by atoms with Gasteiger partial charge in [0.15, 0.2) is 0 Å². The molecule has 0 spiro atoms. The molecule has 0 aromatic carbocycles. The van der Waals surface area contributed by atoms with E-state index < -0.39 is 17.9 Å². The van der Waals surface area contributed by atoms with Crippen molar-refractivity contribution in [1.29, 1.82) is 0 Å². The Kier molecular flexibility index (Phi) is 13.5. The predicted molar refractivity (Wildman–Crippen MR) is 121 cm³/mol. The maximum atomic E-state index is 12.4. The van der Waals surface area contributed by atoms with Crippen molar-refractivity contribution in [3.05, 3.63) is 0 Å². The lowest BCUT2D eigenvalue weighted by molar-refractivity contribution is -0.140. The monoisotopic (exact) mass is 473 g/mol. The Morgan fingerprint density at radius 3 is 1.21 bits per heavy atom. The topological polar surface area (TPSA) is 154 Å². The average molecular weight is 474 g/mol. The highest BCUT2D eigenvalue weighted by Gasteiger charge is 2.21. The molecule has 1 saturated heterocycles. The molecule has 1 heterocycles. The van der Waals surface area contributed by atoms with Crippen LogP contribution in [-0.2, 0) is 19.2 Å². The number of carboxylic acids is 3. The normalized spacial score (nSPS) is 18.4. The Balaban J connectivity index is 2.88. The zero-order valence-corrected chi connectivity index (χ0v) is 19.7. The van der Waals surface area contributed by atoms with Gasteiger partial charge in [0.2, 0.25) is 5.91 Å². The second-order valence-corrected chi connectivity index (χ2v) is 8.82. The number of hydrogen-bond acceptors (Lipinski definition) is 8. The van der Waals surface area contributed by atoms with Gasteiger partial charge in [-0.3, -0.25) is 38.8 Å². The summed E-state index contributed by atoms with van der Waals surface area (Å²) in [6.45, 7) is 7.37. The molecule has 1 amide bonds. The van der Waals surface area contributed by atoms with E-state index in [1.165, 1.54) is 0 Å². The van der Waals surface area contributed by atoms with Crippen LogP contribution in [0.25, 0.3) is 0 Å². The number of carbonyl (C=O) groups excluding carboxylic acids is 1. The summed E-state index contributed by atoms with van der Waals surface area (Å²) in [6.07, 6.45) is 0.872. The SMILES string of the molecule is CC(C)CCNC(=O)CN1CCN(CC(=O)O)CCN(CC(=O)O)CCN(CC(=O)O)CC1. The third-order valence-electron chi connectivity index (χ3n) is 5.42. The summed E-state index contributed by atoms with van der Waals surface area (Å²) in [7, 11) is 0. The molecule has 4 N–H and O–H groups in total. The van der Waals surface area contributed by atoms with Crippen molar-refractivity contribution in [2.75, 3.05) is 85.1 Å². The van der Waals surface area contributed by atoms with E-state index in [-0.39, 0.29) is 32.1 Å². The van der Waals surface area contributed by atoms with Gasteiger partial charge in [0.1, 0.15) is 0 Å². The van der Waals surface area contributed by atoms with E-state index >= 15 is 0 Å². The Bertz CT molecular complexity index is 614. The summed E-state index contributed by atoms with van der Waals surface area (Å²) in [5.41, 5.74) is 0. The van der Waals surface area contributed by atoms with E-state index in [1.807, 2.05) is 4.90 Å². The second-order valence-electron chi connectivity index (χ2n) is 8.82. The number of amides is 1. The summed E-state index contributed by atoms with van der Waals surface area (Å²) in [6, 6.07) is 0. The summed E-state index contributed by atoms with van der Waals surface area (Å²) in [5.74, 6) is -2.59. The van der Waals surface area contributed by atoms with E-state index in [4.69, 9.17) is 0 Å². The number of nitrogens with one attached hydrogen (secondary N) is 1. The third-order valence-corrected chi connectivity index (χ3v) is 5.42. The van der Waals surface area contributed by atoms with Crippen LogP contribution in [0.15, 0.2) is 0 Å². The van der Waals surface area contributed by atoms with Crippen molar-refractivity contribution in [1.82, 2.24) is 24.9 Å². The molecule has 0 saturated carbocycles. The molecule has 0 aliphatic carbocycles. The predicted octanol–water partition coefficient (Wildman–Crippen LogP) is -1.38. The second kappa shape index (κ2) is 15.5. The zero-order chi connectivity index (χ0) is 24.8. The number of aliphatic carboxylic acids is 3. The van der Waals surface area contributed by atoms with Crippen LogP contribution < -0.4 is 5.32 Å². The molecule has 0 bridgehead atoms. The van der Waals surface area contributed by atoms with Gasteiger partial charge in [0, 0.05) is 58.9 Å². The molecular weight excluding hydrogens is 434 g/mol. The van der Waals surface area contributed by atoms with Gasteiger partial charge >= 0.3 is 17.9 Å². The van der Waals surface area contributed by atoms with Crippen molar-refractivity contribution in [2.24, 2.45) is 5.92 Å². The van der Waals surface area contributed by atoms with Gasteiger partial charge in [-0.25, -0.2) is 0 Å². The van der Waals surface area contributed by atoms with Crippen molar-refractivity contribution < 1.29 is 34.5 Å². The lowest BCUT2D eigenvalue weighted by atomic mass is 10.1. The van der Waals surface area contributed by atoms with Crippen LogP contribution in [0.1, 0.15) is 20.3 Å². The van der Waals surface area contributed by atoms with E-state index in [1.54, 1.807) is 14.7 Å². The van der Waals surface area contributed by atoms with E-state index in [0.29, 0.717) is 64.8 Å². The maximum absolute atomic E-state index is 12.4. The first kappa shape index (κ1) is 28.8. The smallest absolute Gasteiger partial charge is 0.317 e. The fraction of sp³-hybridized carbons (Fsp3) is 0.810. The molecule has 1 aliphatic heterocycles. The lowest BCUT2D eigenvalue weighted by Crippen LogP contribution is -2.49. The maximum Gasteiger partial charge on any atom is 0.317 e. The minimum absolute atomic E-state index is 0.120. The fourth-order valence-corrected chi connectivity index (χ4v) is 3.54. The van der Waals surface area contributed by atoms with Gasteiger partial charge in [-0.2, -0.15) is 0 Å². The van der Waals surface area contributed by atoms with Gasteiger partial charge in [0.05, 0.1) is 26.2 Å². The van der Waals surface area contributed by atoms with Gasteiger partial charge in [0.25, 0.3) is 0 Å². The molecule has 0 aromatic rings. The molecular formula is C21H39N5O7. The third kappa shape index (κ3) is 14.5. The molecule has 0 radical (unpaired) electrons. The number of hydrogen-bond donors (Lipinski definition) is 4. The van der Waals surface area contributed by atoms with Gasteiger partial charge in [-0.1, -0.05) is 13.8 Å². The van der Waals surface area contributed by atoms with E-state index in [0.717, 1.165) is 6.42 Å². The highest BCUT2D eigenvalue weighted by molar-refractivity contribution is 5.78. The Morgan fingerprint density at radius 1 is 0.636 bits per heavy atom. The van der Waals surface area contributed by atoms with Crippen molar-refractivity contribution in [2.45, 2.75) is 20.3 Å². The first-order chi connectivity index (χ1) is 15.5. The summed E-state index contributed by atoms with van der Waals surface area (Å²) in [4.78, 5) is 53.3. The first-order valence-corrected chi connectivity index (χ1v) is 11.4. The molecule has 1 rings (SSSR count). The summed E-state index contributed by atoms with van der Waals surface area (Å²) in [5, 5.41) is 30.6. The number of carbonyl (C=O) groups is 4. The highest BCUT2D eigenvalue weighted by atomic mass is 16.4. The molecule has 0 unspecified atom stereocenters. The van der Waals surface area contributed by atoms with Crippen LogP contribution in [0.5, 0.6) is 0 Å². The highest BCUT2D eigenvalue weighted by Crippen LogP contribution is 2.02. The van der Waals surface area contributed by atoms with Gasteiger partial charge < -0.3 is 20.6 Å². The molecule has 0 atom stereocenters. The van der Waals surface area contributed by atoms with Crippen LogP contribution in [0.4, 0.5) is 0 Å². The van der Waals surface area contributed by atoms with Gasteiger partial charge in [-0.15, -0.1) is 0 Å². The first-order valence-electron chi connectivity index (χ1n) is 11.4. The quantitative estimate of drug-likeness (QED) is 0.281. The Morgan fingerprint density at radius 2 is 0.939 bits per heavy atom. The van der Waals surface area contributed by atoms with Crippen LogP contribution in [-0.4, -0.2) is 144 Å². The number of nitrogens with zero attached hydrogens (tertiary/aromatic N) is 4. The fourth-order valence-electron chi connectivity index (χ4n) is 3.54. The van der Waals surface area contributed by atoms with Crippen molar-refractivity contribution in [3.8, 4) is 0 Å². The molecule has 1 fully saturated rings. The van der Waals surface area contributed by atoms with Gasteiger partial charge in [-0.05, 0) is 12.3 Å². The van der Waals surface area contributed by atoms with Crippen LogP contribution in [0, 0.1) is 5.92 Å². The van der Waals surface area contributed by atoms with Crippen LogP contribution in [0.3, 0.4) is 0 Å². The minimum atomic E-state index is -0.994. The average Bonchev–Trinajstić information content (AvgIpc) is 2.68. The van der Waals surface area contributed by atoms with E-state index in [2.05, 4.69) is 19.2 Å². The minimum Gasteiger partial charge on any atom is -0.480 e. The zero-order valence-electron chi connectivity index (χ0n) is 19.7. The Labute approximate surface area is 195 Å². The van der Waals surface area contributed by atoms with Crippen LogP contribution in [0.2, 0.25) is 0 Å². The lowest BCUT2D eigenvalue weighted by Gasteiger charge is -2.32.